The van der Waals surface area contributed by atoms with Crippen molar-refractivity contribution in [3.05, 3.63) is 18.0 Å². The zero-order chi connectivity index (χ0) is 9.19. The first-order valence-electron chi connectivity index (χ1n) is 2.98. The van der Waals surface area contributed by atoms with E-state index in [0.29, 0.717) is 3.95 Å². The van der Waals surface area contributed by atoms with Gasteiger partial charge in [-0.15, -0.1) is 0 Å². The molecule has 0 aliphatic heterocycles. The van der Waals surface area contributed by atoms with Crippen LogP contribution in [0, 0.1) is 0 Å². The molecule has 0 fully saturated rings. The lowest BCUT2D eigenvalue weighted by Gasteiger charge is -2.04. The minimum atomic E-state index is -4.37. The van der Waals surface area contributed by atoms with Gasteiger partial charge >= 0.3 is 25.4 Å². The van der Waals surface area contributed by atoms with Crippen molar-refractivity contribution in [2.24, 2.45) is 0 Å². The Bertz CT molecular complexity index is 260. The maximum atomic E-state index is 11.9. The van der Waals surface area contributed by atoms with Gasteiger partial charge in [-0.3, -0.25) is 9.97 Å². The first kappa shape index (κ1) is 10.0. The molecule has 0 saturated carbocycles. The molecule has 0 spiro atoms. The molecule has 0 aliphatic rings. The second-order valence-electron chi connectivity index (χ2n) is 2.02. The van der Waals surface area contributed by atoms with Gasteiger partial charge in [0.1, 0.15) is 0 Å². The molecule has 0 bridgehead atoms. The third-order valence-electron chi connectivity index (χ3n) is 1.15. The topological polar surface area (TPSA) is 25.8 Å². The van der Waals surface area contributed by atoms with Crippen molar-refractivity contribution in [2.45, 2.75) is 6.18 Å². The molecular formula is C5H2ClF3MgN2. The summed E-state index contributed by atoms with van der Waals surface area (Å²) in [6, 6.07) is 0. The normalized spacial score (nSPS) is 11.0. The Balaban J connectivity index is 2.93. The van der Waals surface area contributed by atoms with Crippen LogP contribution in [0.2, 0.25) is 0 Å². The van der Waals surface area contributed by atoms with Crippen LogP contribution < -0.4 is 3.95 Å². The maximum Gasteiger partial charge on any atom is 0.595 e. The predicted octanol–water partition coefficient (Wildman–Crippen LogP) is 0.979. The maximum absolute atomic E-state index is 11.9. The van der Waals surface area contributed by atoms with Crippen LogP contribution in [-0.4, -0.2) is 29.2 Å². The van der Waals surface area contributed by atoms with Crippen LogP contribution in [0.4, 0.5) is 13.2 Å². The Kier molecular flexibility index (Phi) is 3.13. The summed E-state index contributed by atoms with van der Waals surface area (Å²) in [5.41, 5.74) is -0.842. The second-order valence-corrected chi connectivity index (χ2v) is 3.72. The first-order chi connectivity index (χ1) is 5.54. The molecule has 12 heavy (non-hydrogen) atoms. The van der Waals surface area contributed by atoms with Crippen molar-refractivity contribution in [1.82, 2.24) is 9.97 Å². The van der Waals surface area contributed by atoms with Crippen molar-refractivity contribution in [3.8, 4) is 0 Å². The lowest BCUT2D eigenvalue weighted by Crippen LogP contribution is -2.20. The van der Waals surface area contributed by atoms with Crippen LogP contribution in [-0.2, 0) is 6.18 Å². The molecule has 0 saturated heterocycles. The standard InChI is InChI=1S/C5H2F3N2.ClH.Mg/c6-5(7,8)4-1-9-3-10-2-4;;/h1-2H;1H;/q;;+1/p-1. The molecule has 0 unspecified atom stereocenters. The first-order valence-corrected chi connectivity index (χ1v) is 5.82. The van der Waals surface area contributed by atoms with E-state index in [-0.39, 0.29) is 0 Å². The summed E-state index contributed by atoms with van der Waals surface area (Å²) < 4.78 is 36.1. The largest absolute Gasteiger partial charge is 0.595 e. The van der Waals surface area contributed by atoms with E-state index in [2.05, 4.69) is 9.97 Å². The lowest BCUT2D eigenvalue weighted by molar-refractivity contribution is -0.138. The van der Waals surface area contributed by atoms with Gasteiger partial charge in [-0.05, 0) is 0 Å². The van der Waals surface area contributed by atoms with Gasteiger partial charge < -0.3 is 9.07 Å². The van der Waals surface area contributed by atoms with Gasteiger partial charge in [0.2, 0.25) is 0 Å². The third-order valence-corrected chi connectivity index (χ3v) is 2.47. The zero-order valence-electron chi connectivity index (χ0n) is 5.77. The highest BCUT2D eigenvalue weighted by Gasteiger charge is 2.31. The quantitative estimate of drug-likeness (QED) is 0.641. The van der Waals surface area contributed by atoms with E-state index in [0.717, 1.165) is 12.4 Å². The molecule has 1 aromatic heterocycles. The number of halogens is 4. The lowest BCUT2D eigenvalue weighted by atomic mass is 10.3. The Hall–Kier alpha value is -0.0738. The molecule has 1 heterocycles. The van der Waals surface area contributed by atoms with Gasteiger partial charge in [0.15, 0.2) is 0 Å². The van der Waals surface area contributed by atoms with E-state index >= 15 is 0 Å². The Morgan fingerprint density at radius 3 is 2.08 bits per heavy atom. The molecule has 0 N–H and O–H groups in total. The van der Waals surface area contributed by atoms with Crippen LogP contribution in [0.1, 0.15) is 5.56 Å². The highest BCUT2D eigenvalue weighted by Crippen LogP contribution is 2.27. The summed E-state index contributed by atoms with van der Waals surface area (Å²) in [7, 11) is 5.43. The van der Waals surface area contributed by atoms with E-state index < -0.39 is 31.0 Å². The molecule has 7 heteroatoms. The number of nitrogens with zero attached hydrogens (tertiary/aromatic N) is 2. The van der Waals surface area contributed by atoms with Gasteiger partial charge in [0.25, 0.3) is 0 Å². The van der Waals surface area contributed by atoms with Gasteiger partial charge in [0.05, 0.1) is 5.56 Å². The summed E-state index contributed by atoms with van der Waals surface area (Å²) in [5.74, 6) is 0. The van der Waals surface area contributed by atoms with Crippen LogP contribution >= 0.6 is 9.07 Å². The smallest absolute Gasteiger partial charge is 0.329 e. The molecule has 0 aromatic carbocycles. The average Bonchev–Trinajstić information content (AvgIpc) is 2.03. The minimum Gasteiger partial charge on any atom is -0.329 e. The molecule has 1 aromatic rings. The predicted molar refractivity (Wildman–Crippen MR) is 38.3 cm³/mol. The van der Waals surface area contributed by atoms with Gasteiger partial charge in [-0.2, -0.15) is 13.2 Å². The van der Waals surface area contributed by atoms with Gasteiger partial charge in [-0.25, -0.2) is 0 Å². The molecular weight excluding hydrogens is 205 g/mol. The van der Waals surface area contributed by atoms with Gasteiger partial charge in [-0.1, -0.05) is 0 Å². The molecule has 62 valence electrons. The van der Waals surface area contributed by atoms with Crippen LogP contribution in [0.3, 0.4) is 0 Å². The second kappa shape index (κ2) is 3.76. The number of alkyl halides is 3. The number of hydrogen-bond donors (Lipinski definition) is 0. The SMILES string of the molecule is FC(F)(F)c1cn[c]([Mg][Cl])nc1. The molecule has 0 aliphatic carbocycles. The highest BCUT2D eigenvalue weighted by atomic mass is 35.5. The van der Waals surface area contributed by atoms with Gasteiger partial charge in [0, 0.05) is 16.3 Å². The Morgan fingerprint density at radius 2 is 1.75 bits per heavy atom. The fraction of sp³-hybridized carbons (Fsp3) is 0.200. The van der Waals surface area contributed by atoms with E-state index in [4.69, 9.17) is 9.07 Å². The van der Waals surface area contributed by atoms with Crippen molar-refractivity contribution >= 4 is 32.3 Å². The van der Waals surface area contributed by atoms with Crippen LogP contribution in [0.15, 0.2) is 12.4 Å². The van der Waals surface area contributed by atoms with E-state index in [9.17, 15) is 13.2 Å². The summed E-state index contributed by atoms with van der Waals surface area (Å²) in [6.07, 6.45) is -2.87. The van der Waals surface area contributed by atoms with Crippen LogP contribution in [0.25, 0.3) is 0 Å². The van der Waals surface area contributed by atoms with Crippen molar-refractivity contribution in [2.75, 3.05) is 0 Å². The van der Waals surface area contributed by atoms with E-state index in [1.165, 1.54) is 0 Å². The monoisotopic (exact) mass is 206 g/mol. The summed E-state index contributed by atoms with van der Waals surface area (Å²) in [6.45, 7) is 0. The number of rotatable bonds is 1. The average molecular weight is 207 g/mol. The van der Waals surface area contributed by atoms with E-state index in [1.54, 1.807) is 0 Å². The zero-order valence-corrected chi connectivity index (χ0v) is 7.94. The van der Waals surface area contributed by atoms with Crippen LogP contribution in [0.5, 0.6) is 0 Å². The van der Waals surface area contributed by atoms with Crippen molar-refractivity contribution in [1.29, 1.82) is 0 Å². The van der Waals surface area contributed by atoms with E-state index in [1.807, 2.05) is 0 Å². The van der Waals surface area contributed by atoms with Crippen molar-refractivity contribution < 1.29 is 13.2 Å². The summed E-state index contributed by atoms with van der Waals surface area (Å²) in [5, 5.41) is 0. The highest BCUT2D eigenvalue weighted by molar-refractivity contribution is 7.00. The molecule has 0 radical (unpaired) electrons. The fourth-order valence-electron chi connectivity index (χ4n) is 0.570. The number of aromatic nitrogens is 2. The summed E-state index contributed by atoms with van der Waals surface area (Å²) in [4.78, 5) is 6.92. The molecule has 2 nitrogen and oxygen atoms in total. The molecule has 1 rings (SSSR count). The summed E-state index contributed by atoms with van der Waals surface area (Å²) >= 11 is -1.09. The molecule has 0 atom stereocenters. The number of hydrogen-bond acceptors (Lipinski definition) is 2. The Morgan fingerprint density at radius 1 is 1.25 bits per heavy atom. The third kappa shape index (κ3) is 2.46. The fourth-order valence-corrected chi connectivity index (χ4v) is 1.30. The van der Waals surface area contributed by atoms with Crippen molar-refractivity contribution in [3.63, 3.8) is 0 Å². The Labute approximate surface area is 79.7 Å². The minimum absolute atomic E-state index is 0.324. The molecule has 0 amide bonds.